The Morgan fingerprint density at radius 1 is 1.33 bits per heavy atom. The summed E-state index contributed by atoms with van der Waals surface area (Å²) in [6.07, 6.45) is 4.07. The average molecular weight is 269 g/mol. The molecule has 4 heteroatoms. The molecular formula is C14H27N3S. The minimum Gasteiger partial charge on any atom is -0.329 e. The van der Waals surface area contributed by atoms with E-state index in [-0.39, 0.29) is 5.54 Å². The summed E-state index contributed by atoms with van der Waals surface area (Å²) in [5.74, 6) is 1.24. The molecule has 104 valence electrons. The van der Waals surface area contributed by atoms with Crippen molar-refractivity contribution in [3.05, 3.63) is 0 Å². The van der Waals surface area contributed by atoms with Crippen LogP contribution in [0, 0.1) is 0 Å². The summed E-state index contributed by atoms with van der Waals surface area (Å²) in [5.41, 5.74) is 6.48. The van der Waals surface area contributed by atoms with Crippen molar-refractivity contribution in [3.8, 4) is 0 Å². The van der Waals surface area contributed by atoms with Gasteiger partial charge >= 0.3 is 0 Å². The van der Waals surface area contributed by atoms with E-state index in [0.717, 1.165) is 17.8 Å². The number of fused-ring (bicyclic) bond motifs is 1. The summed E-state index contributed by atoms with van der Waals surface area (Å²) in [6.45, 7) is 9.43. The van der Waals surface area contributed by atoms with E-state index >= 15 is 0 Å². The Kier molecular flexibility index (Phi) is 3.65. The maximum Gasteiger partial charge on any atom is 0.0436 e. The van der Waals surface area contributed by atoms with Gasteiger partial charge in [0.05, 0.1) is 0 Å². The topological polar surface area (TPSA) is 32.5 Å². The molecule has 2 N–H and O–H groups in total. The fraction of sp³-hybridized carbons (Fsp3) is 1.00. The van der Waals surface area contributed by atoms with E-state index in [9.17, 15) is 0 Å². The summed E-state index contributed by atoms with van der Waals surface area (Å²) in [4.78, 5) is 5.48. The van der Waals surface area contributed by atoms with Crippen molar-refractivity contribution in [1.29, 1.82) is 0 Å². The number of hydrogen-bond acceptors (Lipinski definition) is 4. The van der Waals surface area contributed by atoms with Gasteiger partial charge < -0.3 is 5.73 Å². The van der Waals surface area contributed by atoms with Crippen LogP contribution in [0.4, 0.5) is 0 Å². The molecule has 18 heavy (non-hydrogen) atoms. The SMILES string of the molecule is CC1CC(CN)(N2CC3CCCN3CC2C)CS1. The molecule has 3 rings (SSSR count). The highest BCUT2D eigenvalue weighted by Crippen LogP contribution is 2.41. The second-order valence-corrected chi connectivity index (χ2v) is 7.97. The Labute approximate surface area is 115 Å². The number of hydrogen-bond donors (Lipinski definition) is 1. The lowest BCUT2D eigenvalue weighted by Gasteiger charge is -2.51. The summed E-state index contributed by atoms with van der Waals surface area (Å²) in [7, 11) is 0. The van der Waals surface area contributed by atoms with Gasteiger partial charge in [0.1, 0.15) is 0 Å². The molecule has 4 unspecified atom stereocenters. The molecule has 3 aliphatic rings. The van der Waals surface area contributed by atoms with Gasteiger partial charge in [-0.25, -0.2) is 0 Å². The van der Waals surface area contributed by atoms with Gasteiger partial charge in [-0.15, -0.1) is 0 Å². The maximum atomic E-state index is 6.19. The molecule has 0 bridgehead atoms. The van der Waals surface area contributed by atoms with Crippen LogP contribution in [0.5, 0.6) is 0 Å². The first-order chi connectivity index (χ1) is 8.64. The Morgan fingerprint density at radius 2 is 2.17 bits per heavy atom. The summed E-state index contributed by atoms with van der Waals surface area (Å²) in [6, 6.07) is 1.49. The fourth-order valence-electron chi connectivity index (χ4n) is 4.26. The van der Waals surface area contributed by atoms with Gasteiger partial charge in [0.25, 0.3) is 0 Å². The molecule has 0 aliphatic carbocycles. The van der Waals surface area contributed by atoms with Crippen molar-refractivity contribution in [1.82, 2.24) is 9.80 Å². The Balaban J connectivity index is 1.77. The molecule has 0 saturated carbocycles. The maximum absolute atomic E-state index is 6.19. The van der Waals surface area contributed by atoms with Crippen LogP contribution < -0.4 is 5.73 Å². The van der Waals surface area contributed by atoms with E-state index in [4.69, 9.17) is 5.73 Å². The minimum absolute atomic E-state index is 0.290. The van der Waals surface area contributed by atoms with Gasteiger partial charge in [-0.1, -0.05) is 6.92 Å². The van der Waals surface area contributed by atoms with Crippen molar-refractivity contribution < 1.29 is 0 Å². The Morgan fingerprint density at radius 3 is 2.83 bits per heavy atom. The normalized spacial score (nSPS) is 46.5. The van der Waals surface area contributed by atoms with E-state index in [1.807, 2.05) is 0 Å². The smallest absolute Gasteiger partial charge is 0.0436 e. The van der Waals surface area contributed by atoms with Gasteiger partial charge in [-0.3, -0.25) is 9.80 Å². The van der Waals surface area contributed by atoms with E-state index in [1.54, 1.807) is 0 Å². The number of nitrogens with zero attached hydrogens (tertiary/aromatic N) is 2. The van der Waals surface area contributed by atoms with Crippen molar-refractivity contribution in [2.75, 3.05) is 31.9 Å². The zero-order valence-corrected chi connectivity index (χ0v) is 12.6. The molecule has 0 aromatic heterocycles. The number of nitrogens with two attached hydrogens (primary N) is 1. The van der Waals surface area contributed by atoms with Crippen molar-refractivity contribution in [2.45, 2.75) is 56.0 Å². The Bertz CT molecular complexity index is 311. The van der Waals surface area contributed by atoms with Crippen LogP contribution >= 0.6 is 11.8 Å². The highest BCUT2D eigenvalue weighted by Gasteiger charge is 2.47. The molecule has 3 fully saturated rings. The van der Waals surface area contributed by atoms with Gasteiger partial charge in [0.2, 0.25) is 0 Å². The molecule has 0 aromatic rings. The molecule has 0 amide bonds. The zero-order valence-electron chi connectivity index (χ0n) is 11.8. The predicted octanol–water partition coefficient (Wildman–Crippen LogP) is 1.38. The average Bonchev–Trinajstić information content (AvgIpc) is 2.94. The standard InChI is InChI=1S/C14H27N3S/c1-11-7-16-5-3-4-13(16)8-17(11)14(9-15)6-12(2)18-10-14/h11-13H,3-10,15H2,1-2H3. The van der Waals surface area contributed by atoms with Crippen LogP contribution in [0.25, 0.3) is 0 Å². The molecule has 3 aliphatic heterocycles. The minimum atomic E-state index is 0.290. The lowest BCUT2D eigenvalue weighted by atomic mass is 9.90. The zero-order chi connectivity index (χ0) is 12.8. The fourth-order valence-corrected chi connectivity index (χ4v) is 5.68. The van der Waals surface area contributed by atoms with Crippen LogP contribution in [0.1, 0.15) is 33.1 Å². The first-order valence-corrected chi connectivity index (χ1v) is 8.52. The van der Waals surface area contributed by atoms with Gasteiger partial charge in [-0.2, -0.15) is 11.8 Å². The number of piperazine rings is 1. The largest absolute Gasteiger partial charge is 0.329 e. The molecule has 0 spiro atoms. The first kappa shape index (κ1) is 13.2. The van der Waals surface area contributed by atoms with Crippen molar-refractivity contribution in [3.63, 3.8) is 0 Å². The van der Waals surface area contributed by atoms with Gasteiger partial charge in [0.15, 0.2) is 0 Å². The van der Waals surface area contributed by atoms with Crippen molar-refractivity contribution in [2.24, 2.45) is 5.73 Å². The molecule has 4 atom stereocenters. The first-order valence-electron chi connectivity index (χ1n) is 7.47. The van der Waals surface area contributed by atoms with Gasteiger partial charge in [0, 0.05) is 48.3 Å². The molecular weight excluding hydrogens is 242 g/mol. The molecule has 3 heterocycles. The third-order valence-electron chi connectivity index (χ3n) is 5.23. The Hall–Kier alpha value is 0.230. The predicted molar refractivity (Wildman–Crippen MR) is 79.1 cm³/mol. The monoisotopic (exact) mass is 269 g/mol. The van der Waals surface area contributed by atoms with Crippen LogP contribution in [0.15, 0.2) is 0 Å². The van der Waals surface area contributed by atoms with Crippen LogP contribution in [0.3, 0.4) is 0 Å². The molecule has 0 aromatic carbocycles. The van der Waals surface area contributed by atoms with E-state index in [0.29, 0.717) is 6.04 Å². The van der Waals surface area contributed by atoms with Crippen LogP contribution in [-0.4, -0.2) is 64.6 Å². The van der Waals surface area contributed by atoms with E-state index in [1.165, 1.54) is 44.6 Å². The number of rotatable bonds is 2. The van der Waals surface area contributed by atoms with E-state index in [2.05, 4.69) is 35.4 Å². The quantitative estimate of drug-likeness (QED) is 0.821. The highest BCUT2D eigenvalue weighted by molar-refractivity contribution is 8.00. The molecule has 3 nitrogen and oxygen atoms in total. The van der Waals surface area contributed by atoms with Crippen molar-refractivity contribution >= 4 is 11.8 Å². The molecule has 3 saturated heterocycles. The third kappa shape index (κ3) is 2.11. The lowest BCUT2D eigenvalue weighted by molar-refractivity contribution is -0.0108. The summed E-state index contributed by atoms with van der Waals surface area (Å²) < 4.78 is 0. The van der Waals surface area contributed by atoms with Crippen LogP contribution in [-0.2, 0) is 0 Å². The van der Waals surface area contributed by atoms with Crippen LogP contribution in [0.2, 0.25) is 0 Å². The highest BCUT2D eigenvalue weighted by atomic mass is 32.2. The second-order valence-electron chi connectivity index (χ2n) is 6.55. The summed E-state index contributed by atoms with van der Waals surface area (Å²) >= 11 is 2.11. The van der Waals surface area contributed by atoms with Gasteiger partial charge in [-0.05, 0) is 32.7 Å². The molecule has 0 radical (unpaired) electrons. The second kappa shape index (κ2) is 4.97. The number of thioether (sulfide) groups is 1. The lowest BCUT2D eigenvalue weighted by Crippen LogP contribution is -2.65. The van der Waals surface area contributed by atoms with E-state index < -0.39 is 0 Å². The summed E-state index contributed by atoms with van der Waals surface area (Å²) in [5, 5.41) is 0.780. The third-order valence-corrected chi connectivity index (χ3v) is 6.67.